The number of hydrogen-bond donors (Lipinski definition) is 2. The smallest absolute Gasteiger partial charge is 0.321 e. The zero-order valence-corrected chi connectivity index (χ0v) is 18.4. The van der Waals surface area contributed by atoms with Crippen molar-refractivity contribution in [2.24, 2.45) is 0 Å². The number of rotatable bonds is 5. The number of likely N-dealkylation sites (tertiary alicyclic amines) is 1. The fourth-order valence-electron chi connectivity index (χ4n) is 4.20. The van der Waals surface area contributed by atoms with Crippen molar-refractivity contribution in [3.8, 4) is 0 Å². The number of para-hydroxylation sites is 1. The van der Waals surface area contributed by atoms with Gasteiger partial charge < -0.3 is 15.5 Å². The predicted octanol–water partition coefficient (Wildman–Crippen LogP) is 5.34. The minimum atomic E-state index is -0.0807. The van der Waals surface area contributed by atoms with Gasteiger partial charge in [0, 0.05) is 36.8 Å². The van der Waals surface area contributed by atoms with E-state index in [0.717, 1.165) is 36.2 Å². The zero-order valence-electron chi connectivity index (χ0n) is 18.4. The summed E-state index contributed by atoms with van der Waals surface area (Å²) in [4.78, 5) is 27.3. The van der Waals surface area contributed by atoms with Gasteiger partial charge in [-0.2, -0.15) is 0 Å². The summed E-state index contributed by atoms with van der Waals surface area (Å²) in [6.07, 6.45) is 1.94. The first-order valence-electron chi connectivity index (χ1n) is 11.1. The highest BCUT2D eigenvalue weighted by atomic mass is 16.2. The number of aryl methyl sites for hydroxylation is 1. The molecule has 1 aliphatic rings. The third kappa shape index (κ3) is 5.55. The SMILES string of the molecule is Cc1cccc(CNC(=O)c2cccc([C@@H]3CCCN(C(=O)Nc4ccccc4)C3)c2)c1. The summed E-state index contributed by atoms with van der Waals surface area (Å²) in [5, 5.41) is 5.99. The standard InChI is InChI=1S/C27H29N3O2/c1-20-8-5-9-21(16-20)18-28-26(31)23-11-6-10-22(17-23)24-12-7-15-30(19-24)27(32)29-25-13-3-2-4-14-25/h2-6,8-11,13-14,16-17,24H,7,12,15,18-19H2,1H3,(H,28,31)(H,29,32)/t24-/m1/s1. The summed E-state index contributed by atoms with van der Waals surface area (Å²) in [5.41, 5.74) is 4.82. The Morgan fingerprint density at radius 1 is 0.969 bits per heavy atom. The number of anilines is 1. The second kappa shape index (κ2) is 10.1. The highest BCUT2D eigenvalue weighted by molar-refractivity contribution is 5.94. The molecule has 1 saturated heterocycles. The van der Waals surface area contributed by atoms with Crippen LogP contribution in [0.25, 0.3) is 0 Å². The van der Waals surface area contributed by atoms with Crippen molar-refractivity contribution in [2.45, 2.75) is 32.2 Å². The number of urea groups is 1. The number of piperidine rings is 1. The van der Waals surface area contributed by atoms with Crippen molar-refractivity contribution in [3.05, 3.63) is 101 Å². The maximum Gasteiger partial charge on any atom is 0.321 e. The Morgan fingerprint density at radius 3 is 2.59 bits per heavy atom. The van der Waals surface area contributed by atoms with Crippen LogP contribution in [0.5, 0.6) is 0 Å². The van der Waals surface area contributed by atoms with Crippen LogP contribution >= 0.6 is 0 Å². The molecule has 1 atom stereocenters. The number of amides is 3. The Bertz CT molecular complexity index is 1080. The third-order valence-electron chi connectivity index (χ3n) is 5.89. The van der Waals surface area contributed by atoms with Crippen LogP contribution in [0.15, 0.2) is 78.9 Å². The molecule has 3 aromatic rings. The average molecular weight is 428 g/mol. The van der Waals surface area contributed by atoms with E-state index in [9.17, 15) is 9.59 Å². The van der Waals surface area contributed by atoms with Crippen molar-refractivity contribution in [3.63, 3.8) is 0 Å². The molecular formula is C27H29N3O2. The topological polar surface area (TPSA) is 61.4 Å². The third-order valence-corrected chi connectivity index (χ3v) is 5.89. The molecule has 32 heavy (non-hydrogen) atoms. The molecule has 0 aliphatic carbocycles. The molecule has 0 bridgehead atoms. The van der Waals surface area contributed by atoms with Gasteiger partial charge in [0.05, 0.1) is 0 Å². The van der Waals surface area contributed by atoms with Crippen LogP contribution in [0.1, 0.15) is 45.8 Å². The zero-order chi connectivity index (χ0) is 22.3. The van der Waals surface area contributed by atoms with Gasteiger partial charge in [0.2, 0.25) is 0 Å². The van der Waals surface area contributed by atoms with Crippen molar-refractivity contribution in [1.29, 1.82) is 0 Å². The summed E-state index contributed by atoms with van der Waals surface area (Å²) in [7, 11) is 0. The first kappa shape index (κ1) is 21.6. The molecule has 0 aromatic heterocycles. The molecule has 1 aliphatic heterocycles. The first-order valence-corrected chi connectivity index (χ1v) is 11.1. The Balaban J connectivity index is 1.38. The van der Waals surface area contributed by atoms with E-state index in [2.05, 4.69) is 22.8 Å². The van der Waals surface area contributed by atoms with E-state index in [4.69, 9.17) is 0 Å². The minimum absolute atomic E-state index is 0.0760. The van der Waals surface area contributed by atoms with Crippen molar-refractivity contribution < 1.29 is 9.59 Å². The van der Waals surface area contributed by atoms with Crippen LogP contribution in [-0.2, 0) is 6.54 Å². The quantitative estimate of drug-likeness (QED) is 0.578. The number of benzene rings is 3. The molecule has 3 amide bonds. The fraction of sp³-hybridized carbons (Fsp3) is 0.259. The van der Waals surface area contributed by atoms with Crippen molar-refractivity contribution >= 4 is 17.6 Å². The first-order chi connectivity index (χ1) is 15.6. The molecule has 0 radical (unpaired) electrons. The number of nitrogens with zero attached hydrogens (tertiary/aromatic N) is 1. The number of nitrogens with one attached hydrogen (secondary N) is 2. The second-order valence-electron chi connectivity index (χ2n) is 8.38. The van der Waals surface area contributed by atoms with Crippen LogP contribution in [0.3, 0.4) is 0 Å². The van der Waals surface area contributed by atoms with Crippen molar-refractivity contribution in [2.75, 3.05) is 18.4 Å². The minimum Gasteiger partial charge on any atom is -0.348 e. The number of carbonyl (C=O) groups is 2. The van der Waals surface area contributed by atoms with E-state index >= 15 is 0 Å². The molecule has 164 valence electrons. The van der Waals surface area contributed by atoms with Gasteiger partial charge in [-0.3, -0.25) is 4.79 Å². The van der Waals surface area contributed by atoms with Gasteiger partial charge in [-0.1, -0.05) is 60.2 Å². The Labute approximate surface area is 189 Å². The normalized spacial score (nSPS) is 15.8. The molecule has 0 saturated carbocycles. The van der Waals surface area contributed by atoms with E-state index in [0.29, 0.717) is 18.7 Å². The fourth-order valence-corrected chi connectivity index (χ4v) is 4.20. The van der Waals surface area contributed by atoms with Crippen LogP contribution < -0.4 is 10.6 Å². The summed E-state index contributed by atoms with van der Waals surface area (Å²) < 4.78 is 0. The molecule has 2 N–H and O–H groups in total. The molecule has 5 heteroatoms. The molecule has 1 fully saturated rings. The summed E-state index contributed by atoms with van der Waals surface area (Å²) in [6, 6.07) is 25.4. The number of carbonyl (C=O) groups excluding carboxylic acids is 2. The summed E-state index contributed by atoms with van der Waals surface area (Å²) in [5.74, 6) is 0.137. The average Bonchev–Trinajstić information content (AvgIpc) is 2.83. The lowest BCUT2D eigenvalue weighted by Crippen LogP contribution is -2.41. The van der Waals surface area contributed by atoms with Gasteiger partial charge in [0.15, 0.2) is 0 Å². The Kier molecular flexibility index (Phi) is 6.85. The summed E-state index contributed by atoms with van der Waals surface area (Å²) in [6.45, 7) is 3.93. The van der Waals surface area contributed by atoms with Crippen LogP contribution in [-0.4, -0.2) is 29.9 Å². The maximum absolute atomic E-state index is 12.7. The van der Waals surface area contributed by atoms with E-state index in [1.54, 1.807) is 0 Å². The molecule has 1 heterocycles. The lowest BCUT2D eigenvalue weighted by molar-refractivity contribution is 0.0950. The van der Waals surface area contributed by atoms with Crippen LogP contribution in [0.4, 0.5) is 10.5 Å². The van der Waals surface area contributed by atoms with Gasteiger partial charge in [0.25, 0.3) is 5.91 Å². The molecule has 5 nitrogen and oxygen atoms in total. The van der Waals surface area contributed by atoms with Crippen molar-refractivity contribution in [1.82, 2.24) is 10.2 Å². The summed E-state index contributed by atoms with van der Waals surface area (Å²) >= 11 is 0. The van der Waals surface area contributed by atoms with E-state index in [1.165, 1.54) is 5.56 Å². The van der Waals surface area contributed by atoms with Gasteiger partial charge >= 0.3 is 6.03 Å². The van der Waals surface area contributed by atoms with Gasteiger partial charge in [0.1, 0.15) is 0 Å². The predicted molar refractivity (Wildman–Crippen MR) is 128 cm³/mol. The highest BCUT2D eigenvalue weighted by Crippen LogP contribution is 2.28. The molecule has 4 rings (SSSR count). The van der Waals surface area contributed by atoms with Gasteiger partial charge in [-0.25, -0.2) is 4.79 Å². The molecule has 3 aromatic carbocycles. The molecule has 0 unspecified atom stereocenters. The number of hydrogen-bond acceptors (Lipinski definition) is 2. The monoisotopic (exact) mass is 427 g/mol. The Hall–Kier alpha value is -3.60. The lowest BCUT2D eigenvalue weighted by Gasteiger charge is -2.33. The van der Waals surface area contributed by atoms with Crippen LogP contribution in [0.2, 0.25) is 0 Å². The molecular weight excluding hydrogens is 398 g/mol. The lowest BCUT2D eigenvalue weighted by atomic mass is 9.89. The van der Waals surface area contributed by atoms with Crippen LogP contribution in [0, 0.1) is 6.92 Å². The highest BCUT2D eigenvalue weighted by Gasteiger charge is 2.25. The van der Waals surface area contributed by atoms with Gasteiger partial charge in [-0.05, 0) is 55.2 Å². The second-order valence-corrected chi connectivity index (χ2v) is 8.38. The molecule has 0 spiro atoms. The Morgan fingerprint density at radius 2 is 1.78 bits per heavy atom. The van der Waals surface area contributed by atoms with Gasteiger partial charge in [-0.15, -0.1) is 0 Å². The largest absolute Gasteiger partial charge is 0.348 e. The maximum atomic E-state index is 12.7. The van der Waals surface area contributed by atoms with E-state index in [-0.39, 0.29) is 17.9 Å². The van der Waals surface area contributed by atoms with E-state index < -0.39 is 0 Å². The van der Waals surface area contributed by atoms with E-state index in [1.807, 2.05) is 78.6 Å².